The number of anilines is 1. The summed E-state index contributed by atoms with van der Waals surface area (Å²) in [4.78, 5) is 24.0. The number of nitrogens with one attached hydrogen (secondary N) is 1. The summed E-state index contributed by atoms with van der Waals surface area (Å²) in [7, 11) is 1.49. The molecule has 0 fully saturated rings. The van der Waals surface area contributed by atoms with Gasteiger partial charge in [-0.05, 0) is 49.4 Å². The first-order valence-electron chi connectivity index (χ1n) is 6.91. The first kappa shape index (κ1) is 16.5. The second-order valence-corrected chi connectivity index (χ2v) is 4.78. The number of hydrogen-bond donors (Lipinski definition) is 1. The lowest BCUT2D eigenvalue weighted by Crippen LogP contribution is -2.30. The van der Waals surface area contributed by atoms with Crippen LogP contribution in [-0.4, -0.2) is 25.1 Å². The van der Waals surface area contributed by atoms with Crippen LogP contribution in [0.3, 0.4) is 0 Å². The molecule has 2 aromatic rings. The third-order valence-electron chi connectivity index (χ3n) is 3.07. The van der Waals surface area contributed by atoms with Crippen LogP contribution < -0.4 is 10.1 Å². The van der Waals surface area contributed by atoms with E-state index in [0.29, 0.717) is 11.4 Å². The Morgan fingerprint density at radius 1 is 1.13 bits per heavy atom. The van der Waals surface area contributed by atoms with Crippen LogP contribution in [0.1, 0.15) is 17.3 Å². The summed E-state index contributed by atoms with van der Waals surface area (Å²) in [5.41, 5.74) is 0.700. The summed E-state index contributed by atoms with van der Waals surface area (Å²) in [6, 6.07) is 11.7. The van der Waals surface area contributed by atoms with Crippen molar-refractivity contribution in [2.45, 2.75) is 13.0 Å². The number of amides is 1. The highest BCUT2D eigenvalue weighted by molar-refractivity contribution is 5.97. The first-order chi connectivity index (χ1) is 11.0. The van der Waals surface area contributed by atoms with Crippen LogP contribution in [0.25, 0.3) is 0 Å². The first-order valence-corrected chi connectivity index (χ1v) is 6.91. The molecule has 0 saturated carbocycles. The Hall–Kier alpha value is -2.89. The zero-order valence-electron chi connectivity index (χ0n) is 12.7. The van der Waals surface area contributed by atoms with E-state index in [1.54, 1.807) is 18.2 Å². The topological polar surface area (TPSA) is 64.6 Å². The van der Waals surface area contributed by atoms with Gasteiger partial charge in [0.25, 0.3) is 5.91 Å². The predicted octanol–water partition coefficient (Wildman–Crippen LogP) is 3.02. The Labute approximate surface area is 133 Å². The maximum absolute atomic E-state index is 12.8. The Bertz CT molecular complexity index is 700. The van der Waals surface area contributed by atoms with Gasteiger partial charge in [0.15, 0.2) is 6.10 Å². The lowest BCUT2D eigenvalue weighted by Gasteiger charge is -2.14. The van der Waals surface area contributed by atoms with Gasteiger partial charge >= 0.3 is 5.97 Å². The highest BCUT2D eigenvalue weighted by atomic mass is 19.1. The third kappa shape index (κ3) is 4.54. The van der Waals surface area contributed by atoms with Crippen molar-refractivity contribution in [3.05, 3.63) is 59.9 Å². The molecule has 0 radical (unpaired) electrons. The summed E-state index contributed by atoms with van der Waals surface area (Å²) >= 11 is 0. The molecule has 0 aliphatic heterocycles. The van der Waals surface area contributed by atoms with Crippen LogP contribution in [0.5, 0.6) is 5.75 Å². The van der Waals surface area contributed by atoms with E-state index in [9.17, 15) is 14.0 Å². The fourth-order valence-corrected chi connectivity index (χ4v) is 1.81. The minimum Gasteiger partial charge on any atom is -0.497 e. The van der Waals surface area contributed by atoms with Crippen molar-refractivity contribution in [2.75, 3.05) is 12.4 Å². The number of ether oxygens (including phenoxy) is 2. The molecule has 0 aromatic heterocycles. The lowest BCUT2D eigenvalue weighted by atomic mass is 10.2. The van der Waals surface area contributed by atoms with Gasteiger partial charge < -0.3 is 14.8 Å². The van der Waals surface area contributed by atoms with E-state index in [2.05, 4.69) is 5.32 Å². The minimum atomic E-state index is -1.00. The molecule has 1 amide bonds. The molecule has 6 heteroatoms. The maximum atomic E-state index is 12.8. The molecule has 0 saturated heterocycles. The molecule has 1 N–H and O–H groups in total. The molecule has 2 rings (SSSR count). The van der Waals surface area contributed by atoms with Crippen molar-refractivity contribution in [2.24, 2.45) is 0 Å². The number of halogens is 1. The second-order valence-electron chi connectivity index (χ2n) is 4.78. The molecular formula is C17H16FNO4. The Kier molecular flexibility index (Phi) is 5.30. The molecule has 0 bridgehead atoms. The van der Waals surface area contributed by atoms with Crippen molar-refractivity contribution in [3.63, 3.8) is 0 Å². The van der Waals surface area contributed by atoms with Crippen molar-refractivity contribution in [1.82, 2.24) is 0 Å². The van der Waals surface area contributed by atoms with Crippen LogP contribution in [0.2, 0.25) is 0 Å². The van der Waals surface area contributed by atoms with Crippen LogP contribution in [0.4, 0.5) is 10.1 Å². The average molecular weight is 317 g/mol. The van der Waals surface area contributed by atoms with Crippen LogP contribution in [-0.2, 0) is 9.53 Å². The van der Waals surface area contributed by atoms with E-state index in [1.807, 2.05) is 0 Å². The quantitative estimate of drug-likeness (QED) is 0.861. The van der Waals surface area contributed by atoms with Gasteiger partial charge in [-0.2, -0.15) is 0 Å². The Morgan fingerprint density at radius 3 is 2.48 bits per heavy atom. The van der Waals surface area contributed by atoms with Gasteiger partial charge in [0.05, 0.1) is 12.7 Å². The third-order valence-corrected chi connectivity index (χ3v) is 3.07. The Morgan fingerprint density at radius 2 is 1.83 bits per heavy atom. The normalized spacial score (nSPS) is 11.4. The smallest absolute Gasteiger partial charge is 0.339 e. The fraction of sp³-hybridized carbons (Fsp3) is 0.176. The van der Waals surface area contributed by atoms with Gasteiger partial charge in [-0.25, -0.2) is 9.18 Å². The molecule has 120 valence electrons. The molecule has 0 aliphatic carbocycles. The van der Waals surface area contributed by atoms with Crippen molar-refractivity contribution in [3.8, 4) is 5.75 Å². The summed E-state index contributed by atoms with van der Waals surface area (Å²) in [6.45, 7) is 1.46. The summed E-state index contributed by atoms with van der Waals surface area (Å²) < 4.78 is 23.0. The monoisotopic (exact) mass is 317 g/mol. The number of methoxy groups -OCH3 is 1. The highest BCUT2D eigenvalue weighted by Crippen LogP contribution is 2.15. The van der Waals surface area contributed by atoms with E-state index in [-0.39, 0.29) is 5.56 Å². The van der Waals surface area contributed by atoms with Crippen molar-refractivity contribution in [1.29, 1.82) is 0 Å². The Balaban J connectivity index is 1.97. The molecule has 0 heterocycles. The standard InChI is InChI=1S/C17H16FNO4/c1-11(16(20)19-14-8-6-13(18)7-9-14)23-17(21)12-4-3-5-15(10-12)22-2/h3-11H,1-2H3,(H,19,20)/t11-/m1/s1. The molecule has 1 atom stereocenters. The van der Waals surface area contributed by atoms with Gasteiger partial charge in [-0.3, -0.25) is 4.79 Å². The molecule has 5 nitrogen and oxygen atoms in total. The van der Waals surface area contributed by atoms with Gasteiger partial charge in [0.1, 0.15) is 11.6 Å². The van der Waals surface area contributed by atoms with Crippen LogP contribution >= 0.6 is 0 Å². The van der Waals surface area contributed by atoms with Gasteiger partial charge in [-0.15, -0.1) is 0 Å². The molecular weight excluding hydrogens is 301 g/mol. The summed E-state index contributed by atoms with van der Waals surface area (Å²) in [6.07, 6.45) is -1.00. The molecule has 23 heavy (non-hydrogen) atoms. The number of carbonyl (C=O) groups is 2. The highest BCUT2D eigenvalue weighted by Gasteiger charge is 2.19. The van der Waals surface area contributed by atoms with E-state index < -0.39 is 23.8 Å². The van der Waals surface area contributed by atoms with E-state index in [0.717, 1.165) is 0 Å². The number of carbonyl (C=O) groups excluding carboxylic acids is 2. The van der Waals surface area contributed by atoms with Crippen LogP contribution in [0, 0.1) is 5.82 Å². The fourth-order valence-electron chi connectivity index (χ4n) is 1.81. The molecule has 0 aliphatic rings. The average Bonchev–Trinajstić information content (AvgIpc) is 2.56. The van der Waals surface area contributed by atoms with E-state index in [4.69, 9.17) is 9.47 Å². The zero-order valence-corrected chi connectivity index (χ0v) is 12.7. The SMILES string of the molecule is COc1cccc(C(=O)O[C@H](C)C(=O)Nc2ccc(F)cc2)c1. The van der Waals surface area contributed by atoms with Gasteiger partial charge in [-0.1, -0.05) is 6.07 Å². The van der Waals surface area contributed by atoms with Gasteiger partial charge in [0, 0.05) is 5.69 Å². The van der Waals surface area contributed by atoms with E-state index >= 15 is 0 Å². The van der Waals surface area contributed by atoms with Crippen LogP contribution in [0.15, 0.2) is 48.5 Å². The van der Waals surface area contributed by atoms with Crippen molar-refractivity contribution >= 4 is 17.6 Å². The number of esters is 1. The largest absolute Gasteiger partial charge is 0.497 e. The minimum absolute atomic E-state index is 0.283. The number of rotatable bonds is 5. The summed E-state index contributed by atoms with van der Waals surface area (Å²) in [5, 5.41) is 2.54. The molecule has 0 spiro atoms. The van der Waals surface area contributed by atoms with E-state index in [1.165, 1.54) is 44.4 Å². The summed E-state index contributed by atoms with van der Waals surface area (Å²) in [5.74, 6) is -1.03. The molecule has 2 aromatic carbocycles. The lowest BCUT2D eigenvalue weighted by molar-refractivity contribution is -0.123. The molecule has 0 unspecified atom stereocenters. The number of hydrogen-bond acceptors (Lipinski definition) is 4. The van der Waals surface area contributed by atoms with Crippen molar-refractivity contribution < 1.29 is 23.5 Å². The maximum Gasteiger partial charge on any atom is 0.339 e. The predicted molar refractivity (Wildman–Crippen MR) is 82.9 cm³/mol. The zero-order chi connectivity index (χ0) is 16.8. The van der Waals surface area contributed by atoms with Gasteiger partial charge in [0.2, 0.25) is 0 Å². The number of benzene rings is 2. The second kappa shape index (κ2) is 7.40.